The molecular weight excluding hydrogens is 236 g/mol. The van der Waals surface area contributed by atoms with Crippen molar-refractivity contribution in [3.63, 3.8) is 0 Å². The zero-order valence-electron chi connectivity index (χ0n) is 7.11. The second kappa shape index (κ2) is 4.91. The maximum absolute atomic E-state index is 10.0. The largest absolute Gasteiger partial charge is 0.453 e. The van der Waals surface area contributed by atoms with Crippen LogP contribution in [0.3, 0.4) is 0 Å². The number of nitrogens with zero attached hydrogens (tertiary/aromatic N) is 2. The zero-order chi connectivity index (χ0) is 9.68. The van der Waals surface area contributed by atoms with Gasteiger partial charge in [-0.15, -0.1) is 0 Å². The molecule has 0 aliphatic heterocycles. The molecule has 5 heteroatoms. The van der Waals surface area contributed by atoms with Gasteiger partial charge in [0.25, 0.3) is 6.47 Å². The molecule has 1 rings (SSSR count). The van der Waals surface area contributed by atoms with Crippen LogP contribution in [0.15, 0.2) is 12.5 Å². The van der Waals surface area contributed by atoms with Crippen LogP contribution in [0, 0.1) is 6.92 Å². The van der Waals surface area contributed by atoms with Gasteiger partial charge in [0.05, 0.1) is 0 Å². The Morgan fingerprint density at radius 1 is 1.77 bits per heavy atom. The molecule has 0 radical (unpaired) electrons. The zero-order valence-corrected chi connectivity index (χ0v) is 8.69. The molecule has 1 aromatic rings. The van der Waals surface area contributed by atoms with E-state index in [1.54, 1.807) is 6.20 Å². The Morgan fingerprint density at radius 2 is 2.54 bits per heavy atom. The van der Waals surface area contributed by atoms with Crippen molar-refractivity contribution in [1.29, 1.82) is 0 Å². The molecule has 0 saturated carbocycles. The maximum atomic E-state index is 10.0. The molecule has 0 saturated heterocycles. The van der Waals surface area contributed by atoms with Gasteiger partial charge in [-0.05, 0) is 28.4 Å². The fourth-order valence-corrected chi connectivity index (χ4v) is 1.34. The topological polar surface area (TPSA) is 52.1 Å². The van der Waals surface area contributed by atoms with E-state index in [2.05, 4.69) is 30.6 Å². The molecule has 0 aliphatic rings. The number of aromatic nitrogens is 2. The summed E-state index contributed by atoms with van der Waals surface area (Å²) in [6.07, 6.45) is 3.78. The second-order valence-electron chi connectivity index (χ2n) is 2.48. The number of halogens is 1. The van der Waals surface area contributed by atoms with Gasteiger partial charge in [-0.1, -0.05) is 0 Å². The summed E-state index contributed by atoms with van der Waals surface area (Å²) in [7, 11) is 0. The van der Waals surface area contributed by atoms with Crippen LogP contribution in [0.4, 0.5) is 0 Å². The van der Waals surface area contributed by atoms with E-state index < -0.39 is 0 Å². The van der Waals surface area contributed by atoms with Crippen molar-refractivity contribution in [1.82, 2.24) is 9.97 Å². The lowest BCUT2D eigenvalue weighted by Crippen LogP contribution is -2.08. The molecule has 4 nitrogen and oxygen atoms in total. The van der Waals surface area contributed by atoms with Crippen molar-refractivity contribution < 1.29 is 9.53 Å². The number of carbonyl (C=O) groups excluding carboxylic acids is 1. The first kappa shape index (κ1) is 10.1. The van der Waals surface area contributed by atoms with Crippen LogP contribution in [-0.4, -0.2) is 21.5 Å². The van der Waals surface area contributed by atoms with Gasteiger partial charge in [0.1, 0.15) is 6.33 Å². The van der Waals surface area contributed by atoms with Gasteiger partial charge >= 0.3 is 0 Å². The minimum Gasteiger partial charge on any atom is -0.453 e. The third-order valence-electron chi connectivity index (χ3n) is 1.60. The Morgan fingerprint density at radius 3 is 3.15 bits per heavy atom. The summed E-state index contributed by atoms with van der Waals surface area (Å²) >= 11 is 3.20. The minimum atomic E-state index is -0.310. The average Bonchev–Trinajstić information content (AvgIpc) is 2.09. The number of aryl methyl sites for hydroxylation is 1. The van der Waals surface area contributed by atoms with Crippen LogP contribution in [0.1, 0.15) is 11.3 Å². The lowest BCUT2D eigenvalue weighted by atomic mass is 10.2. The first-order chi connectivity index (χ1) is 6.24. The molecule has 0 aliphatic carbocycles. The van der Waals surface area contributed by atoms with Gasteiger partial charge in [-0.3, -0.25) is 4.79 Å². The smallest absolute Gasteiger partial charge is 0.294 e. The van der Waals surface area contributed by atoms with Crippen LogP contribution >= 0.6 is 15.9 Å². The summed E-state index contributed by atoms with van der Waals surface area (Å²) in [6, 6.07) is 0. The summed E-state index contributed by atoms with van der Waals surface area (Å²) < 4.78 is 4.68. The summed E-state index contributed by atoms with van der Waals surface area (Å²) in [4.78, 5) is 17.9. The van der Waals surface area contributed by atoms with E-state index in [-0.39, 0.29) is 5.01 Å². The Labute approximate surface area is 84.5 Å². The number of alkyl halides is 1. The number of ether oxygens (including phenoxy) is 1. The highest BCUT2D eigenvalue weighted by Crippen LogP contribution is 2.11. The molecule has 1 heterocycles. The molecule has 0 spiro atoms. The molecular formula is C8H9BrN2O2. The quantitative estimate of drug-likeness (QED) is 0.591. The van der Waals surface area contributed by atoms with E-state index in [9.17, 15) is 4.79 Å². The predicted molar refractivity (Wildman–Crippen MR) is 50.3 cm³/mol. The molecule has 0 amide bonds. The van der Waals surface area contributed by atoms with Gasteiger partial charge in [0.15, 0.2) is 5.01 Å². The number of hydrogen-bond donors (Lipinski definition) is 0. The monoisotopic (exact) mass is 244 g/mol. The molecule has 1 unspecified atom stereocenters. The van der Waals surface area contributed by atoms with E-state index in [4.69, 9.17) is 0 Å². The van der Waals surface area contributed by atoms with Crippen LogP contribution in [0.2, 0.25) is 0 Å². The van der Waals surface area contributed by atoms with Crippen LogP contribution < -0.4 is 0 Å². The Bertz CT molecular complexity index is 293. The van der Waals surface area contributed by atoms with E-state index >= 15 is 0 Å². The van der Waals surface area contributed by atoms with Gasteiger partial charge in [0.2, 0.25) is 0 Å². The van der Waals surface area contributed by atoms with Gasteiger partial charge in [0, 0.05) is 18.3 Å². The molecule has 1 atom stereocenters. The number of hydrogen-bond acceptors (Lipinski definition) is 4. The van der Waals surface area contributed by atoms with Crippen molar-refractivity contribution in [2.75, 3.05) is 0 Å². The Balaban J connectivity index is 2.63. The summed E-state index contributed by atoms with van der Waals surface area (Å²) in [6.45, 7) is 2.30. The van der Waals surface area contributed by atoms with Crippen molar-refractivity contribution >= 4 is 22.4 Å². The maximum Gasteiger partial charge on any atom is 0.294 e. The third-order valence-corrected chi connectivity index (χ3v) is 2.14. The van der Waals surface area contributed by atoms with Crippen LogP contribution in [0.5, 0.6) is 0 Å². The molecule has 0 fully saturated rings. The number of rotatable bonds is 4. The molecule has 1 aromatic heterocycles. The molecule has 13 heavy (non-hydrogen) atoms. The second-order valence-corrected chi connectivity index (χ2v) is 3.50. The van der Waals surface area contributed by atoms with Gasteiger partial charge in [-0.2, -0.15) is 0 Å². The summed E-state index contributed by atoms with van der Waals surface area (Å²) in [5, 5.41) is -0.310. The van der Waals surface area contributed by atoms with Crippen LogP contribution in [-0.2, 0) is 16.0 Å². The van der Waals surface area contributed by atoms with Crippen molar-refractivity contribution in [3.05, 3.63) is 23.8 Å². The number of carbonyl (C=O) groups is 1. The standard InChI is InChI=1S/C8H9BrN2O2/c1-6-7(3-10-4-11-6)2-8(9)13-5-12/h3-5,8H,2H2,1H3. The van der Waals surface area contributed by atoms with E-state index in [0.717, 1.165) is 11.3 Å². The first-order valence-electron chi connectivity index (χ1n) is 3.72. The first-order valence-corrected chi connectivity index (χ1v) is 4.64. The lowest BCUT2D eigenvalue weighted by molar-refractivity contribution is -0.129. The summed E-state index contributed by atoms with van der Waals surface area (Å²) in [5.41, 5.74) is 1.86. The van der Waals surface area contributed by atoms with E-state index in [1.807, 2.05) is 6.92 Å². The third kappa shape index (κ3) is 3.10. The fraction of sp³-hybridized carbons (Fsp3) is 0.375. The molecule has 70 valence electrons. The van der Waals surface area contributed by atoms with Gasteiger partial charge < -0.3 is 4.74 Å². The summed E-state index contributed by atoms with van der Waals surface area (Å²) in [5.74, 6) is 0. The lowest BCUT2D eigenvalue weighted by Gasteiger charge is -2.08. The Kier molecular flexibility index (Phi) is 3.82. The van der Waals surface area contributed by atoms with Gasteiger partial charge in [-0.25, -0.2) is 9.97 Å². The predicted octanol–water partition coefficient (Wildman–Crippen LogP) is 1.22. The molecule has 0 N–H and O–H groups in total. The molecule has 0 bridgehead atoms. The van der Waals surface area contributed by atoms with Crippen LogP contribution in [0.25, 0.3) is 0 Å². The normalized spacial score (nSPS) is 12.2. The SMILES string of the molecule is Cc1ncncc1CC(Br)OC=O. The highest BCUT2D eigenvalue weighted by Gasteiger charge is 2.07. The van der Waals surface area contributed by atoms with Crippen molar-refractivity contribution in [2.24, 2.45) is 0 Å². The highest BCUT2D eigenvalue weighted by molar-refractivity contribution is 9.09. The molecule has 0 aromatic carbocycles. The Hall–Kier alpha value is -0.970. The fourth-order valence-electron chi connectivity index (χ4n) is 0.901. The van der Waals surface area contributed by atoms with Crippen molar-refractivity contribution in [3.8, 4) is 0 Å². The highest BCUT2D eigenvalue weighted by atomic mass is 79.9. The van der Waals surface area contributed by atoms with E-state index in [0.29, 0.717) is 12.9 Å². The average molecular weight is 245 g/mol. The minimum absolute atomic E-state index is 0.310. The van der Waals surface area contributed by atoms with Crippen molar-refractivity contribution in [2.45, 2.75) is 18.4 Å². The van der Waals surface area contributed by atoms with E-state index in [1.165, 1.54) is 6.33 Å².